The first-order valence-corrected chi connectivity index (χ1v) is 6.93. The van der Waals surface area contributed by atoms with Gasteiger partial charge >= 0.3 is 0 Å². The fourth-order valence-electron chi connectivity index (χ4n) is 2.32. The summed E-state index contributed by atoms with van der Waals surface area (Å²) in [5, 5.41) is 11.2. The second kappa shape index (κ2) is 5.79. The van der Waals surface area contributed by atoms with Crippen LogP contribution >= 0.6 is 0 Å². The van der Waals surface area contributed by atoms with Crippen LogP contribution in [-0.4, -0.2) is 10.2 Å². The molecule has 4 heteroatoms. The maximum absolute atomic E-state index is 5.22. The number of aromatic nitrogens is 2. The second-order valence-corrected chi connectivity index (χ2v) is 5.05. The van der Waals surface area contributed by atoms with Crippen molar-refractivity contribution < 1.29 is 4.42 Å². The third-order valence-electron chi connectivity index (χ3n) is 3.50. The van der Waals surface area contributed by atoms with E-state index in [2.05, 4.69) is 53.6 Å². The van der Waals surface area contributed by atoms with Crippen LogP contribution < -0.4 is 5.32 Å². The first-order valence-electron chi connectivity index (χ1n) is 6.93. The van der Waals surface area contributed by atoms with Gasteiger partial charge in [0.25, 0.3) is 0 Å². The van der Waals surface area contributed by atoms with Gasteiger partial charge in [-0.25, -0.2) is 0 Å². The molecule has 3 rings (SSSR count). The molecule has 2 aromatic carbocycles. The van der Waals surface area contributed by atoms with Crippen LogP contribution in [-0.2, 0) is 0 Å². The molecule has 0 aliphatic heterocycles. The highest BCUT2D eigenvalue weighted by atomic mass is 16.4. The highest BCUT2D eigenvalue weighted by Crippen LogP contribution is 2.26. The molecular formula is C17H17N3O. The summed E-state index contributed by atoms with van der Waals surface area (Å²) in [4.78, 5) is 0. The number of rotatable bonds is 4. The maximum Gasteiger partial charge on any atom is 0.247 e. The molecular weight excluding hydrogens is 262 g/mol. The Bertz CT molecular complexity index is 708. The third kappa shape index (κ3) is 2.94. The minimum Gasteiger partial charge on any atom is -0.423 e. The summed E-state index contributed by atoms with van der Waals surface area (Å²) < 4.78 is 5.22. The lowest BCUT2D eigenvalue weighted by Crippen LogP contribution is -2.07. The normalized spacial score (nSPS) is 12.1. The number of hydrogen-bond acceptors (Lipinski definition) is 4. The van der Waals surface area contributed by atoms with Gasteiger partial charge in [-0.1, -0.05) is 30.3 Å². The van der Waals surface area contributed by atoms with E-state index in [4.69, 9.17) is 4.42 Å². The van der Waals surface area contributed by atoms with Crippen molar-refractivity contribution in [3.8, 4) is 11.5 Å². The topological polar surface area (TPSA) is 51.0 Å². The van der Waals surface area contributed by atoms with E-state index < -0.39 is 0 Å². The second-order valence-electron chi connectivity index (χ2n) is 5.05. The molecule has 1 N–H and O–H groups in total. The average Bonchev–Trinajstić information content (AvgIpc) is 3.04. The Morgan fingerprint density at radius 3 is 2.57 bits per heavy atom. The number of aryl methyl sites for hydroxylation is 1. The Labute approximate surface area is 123 Å². The van der Waals surface area contributed by atoms with E-state index in [0.717, 1.165) is 16.8 Å². The molecule has 0 spiro atoms. The Balaban J connectivity index is 1.80. The van der Waals surface area contributed by atoms with Crippen LogP contribution in [0.15, 0.2) is 59.3 Å². The standard InChI is InChI=1S/C17H17N3O/c1-12-10-15(17-20-18-11-21-17)8-9-16(12)19-13(2)14-6-4-3-5-7-14/h3-11,13,19H,1-2H3. The van der Waals surface area contributed by atoms with E-state index >= 15 is 0 Å². The number of nitrogens with zero attached hydrogens (tertiary/aromatic N) is 2. The minimum absolute atomic E-state index is 0.249. The lowest BCUT2D eigenvalue weighted by Gasteiger charge is -2.17. The van der Waals surface area contributed by atoms with Crippen molar-refractivity contribution in [3.05, 3.63) is 66.1 Å². The minimum atomic E-state index is 0.249. The molecule has 1 unspecified atom stereocenters. The molecule has 1 atom stereocenters. The molecule has 106 valence electrons. The van der Waals surface area contributed by atoms with Gasteiger partial charge in [0.15, 0.2) is 0 Å². The summed E-state index contributed by atoms with van der Waals surface area (Å²) in [6, 6.07) is 16.7. The highest BCUT2D eigenvalue weighted by molar-refractivity contribution is 5.62. The largest absolute Gasteiger partial charge is 0.423 e. The maximum atomic E-state index is 5.22. The monoisotopic (exact) mass is 279 g/mol. The van der Waals surface area contributed by atoms with Gasteiger partial charge in [-0.15, -0.1) is 10.2 Å². The van der Waals surface area contributed by atoms with E-state index in [1.165, 1.54) is 12.0 Å². The summed E-state index contributed by atoms with van der Waals surface area (Å²) in [7, 11) is 0. The fourth-order valence-corrected chi connectivity index (χ4v) is 2.32. The van der Waals surface area contributed by atoms with Crippen molar-refractivity contribution >= 4 is 5.69 Å². The van der Waals surface area contributed by atoms with Gasteiger partial charge in [-0.3, -0.25) is 0 Å². The Kier molecular flexibility index (Phi) is 3.69. The van der Waals surface area contributed by atoms with Gasteiger partial charge in [-0.05, 0) is 43.2 Å². The van der Waals surface area contributed by atoms with Gasteiger partial charge in [0.05, 0.1) is 0 Å². The summed E-state index contributed by atoms with van der Waals surface area (Å²) in [6.07, 6.45) is 1.34. The Morgan fingerprint density at radius 1 is 1.10 bits per heavy atom. The van der Waals surface area contributed by atoms with Crippen molar-refractivity contribution in [2.45, 2.75) is 19.9 Å². The van der Waals surface area contributed by atoms with Gasteiger partial charge in [0.1, 0.15) is 0 Å². The lowest BCUT2D eigenvalue weighted by molar-refractivity contribution is 0.568. The van der Waals surface area contributed by atoms with Crippen molar-refractivity contribution in [2.24, 2.45) is 0 Å². The van der Waals surface area contributed by atoms with Crippen LogP contribution in [0.4, 0.5) is 5.69 Å². The van der Waals surface area contributed by atoms with E-state index in [0.29, 0.717) is 5.89 Å². The first-order chi connectivity index (χ1) is 10.2. The van der Waals surface area contributed by atoms with Crippen molar-refractivity contribution in [1.82, 2.24) is 10.2 Å². The zero-order chi connectivity index (χ0) is 14.7. The van der Waals surface area contributed by atoms with Gasteiger partial charge < -0.3 is 9.73 Å². The van der Waals surface area contributed by atoms with E-state index in [9.17, 15) is 0 Å². The van der Waals surface area contributed by atoms with E-state index in [-0.39, 0.29) is 6.04 Å². The molecule has 21 heavy (non-hydrogen) atoms. The van der Waals surface area contributed by atoms with Gasteiger partial charge in [0, 0.05) is 17.3 Å². The average molecular weight is 279 g/mol. The smallest absolute Gasteiger partial charge is 0.247 e. The zero-order valence-electron chi connectivity index (χ0n) is 12.1. The summed E-state index contributed by atoms with van der Waals surface area (Å²) in [5.74, 6) is 0.542. The zero-order valence-corrected chi connectivity index (χ0v) is 12.1. The number of benzene rings is 2. The number of anilines is 1. The molecule has 3 aromatic rings. The summed E-state index contributed by atoms with van der Waals surface area (Å²) in [5.41, 5.74) is 4.45. The predicted octanol–water partition coefficient (Wildman–Crippen LogP) is 4.22. The van der Waals surface area contributed by atoms with Crippen molar-refractivity contribution in [1.29, 1.82) is 0 Å². The number of nitrogens with one attached hydrogen (secondary N) is 1. The Hall–Kier alpha value is -2.62. The van der Waals surface area contributed by atoms with E-state index in [1.54, 1.807) is 0 Å². The molecule has 1 heterocycles. The van der Waals surface area contributed by atoms with E-state index in [1.807, 2.05) is 24.3 Å². The predicted molar refractivity (Wildman–Crippen MR) is 83.0 cm³/mol. The molecule has 0 fully saturated rings. The molecule has 0 aliphatic carbocycles. The molecule has 1 aromatic heterocycles. The fraction of sp³-hybridized carbons (Fsp3) is 0.176. The summed E-state index contributed by atoms with van der Waals surface area (Å²) >= 11 is 0. The van der Waals surface area contributed by atoms with Crippen molar-refractivity contribution in [3.63, 3.8) is 0 Å². The van der Waals surface area contributed by atoms with Crippen LogP contribution in [0.3, 0.4) is 0 Å². The SMILES string of the molecule is Cc1cc(-c2nnco2)ccc1NC(C)c1ccccc1. The quantitative estimate of drug-likeness (QED) is 0.777. The van der Waals surface area contributed by atoms with Crippen LogP contribution in [0.1, 0.15) is 24.1 Å². The third-order valence-corrected chi connectivity index (χ3v) is 3.50. The molecule has 0 radical (unpaired) electrons. The van der Waals surface area contributed by atoms with Crippen LogP contribution in [0.2, 0.25) is 0 Å². The van der Waals surface area contributed by atoms with Crippen LogP contribution in [0.5, 0.6) is 0 Å². The molecule has 0 amide bonds. The molecule has 4 nitrogen and oxygen atoms in total. The van der Waals surface area contributed by atoms with Crippen molar-refractivity contribution in [2.75, 3.05) is 5.32 Å². The van der Waals surface area contributed by atoms with Crippen LogP contribution in [0.25, 0.3) is 11.5 Å². The molecule has 0 saturated carbocycles. The van der Waals surface area contributed by atoms with Gasteiger partial charge in [0.2, 0.25) is 12.3 Å². The molecule has 0 bridgehead atoms. The molecule has 0 saturated heterocycles. The molecule has 0 aliphatic rings. The summed E-state index contributed by atoms with van der Waals surface area (Å²) in [6.45, 7) is 4.22. The van der Waals surface area contributed by atoms with Crippen LogP contribution in [0, 0.1) is 6.92 Å². The first kappa shape index (κ1) is 13.4. The highest BCUT2D eigenvalue weighted by Gasteiger charge is 2.09. The number of hydrogen-bond donors (Lipinski definition) is 1. The lowest BCUT2D eigenvalue weighted by atomic mass is 10.1. The Morgan fingerprint density at radius 2 is 1.90 bits per heavy atom. The van der Waals surface area contributed by atoms with Gasteiger partial charge in [-0.2, -0.15) is 0 Å².